The van der Waals surface area contributed by atoms with Crippen LogP contribution in [0.4, 0.5) is 5.69 Å². The number of hydrogen-bond acceptors (Lipinski definition) is 6. The number of carbonyl (C=O) groups excluding carboxylic acids is 2. The summed E-state index contributed by atoms with van der Waals surface area (Å²) in [6, 6.07) is 3.52. The monoisotopic (exact) mass is 315 g/mol. The maximum atomic E-state index is 11.6. The van der Waals surface area contributed by atoms with E-state index in [1.54, 1.807) is 13.8 Å². The lowest BCUT2D eigenvalue weighted by atomic mass is 10.1. The van der Waals surface area contributed by atoms with Gasteiger partial charge in [-0.25, -0.2) is 4.79 Å². The van der Waals surface area contributed by atoms with Gasteiger partial charge in [0.15, 0.2) is 5.38 Å². The number of nitrogens with zero attached hydrogens (tertiary/aromatic N) is 1. The van der Waals surface area contributed by atoms with E-state index in [1.165, 1.54) is 12.1 Å². The molecule has 0 bridgehead atoms. The molecule has 1 rings (SSSR count). The highest BCUT2D eigenvalue weighted by Crippen LogP contribution is 2.31. The number of alkyl halides is 1. The Morgan fingerprint density at radius 1 is 1.29 bits per heavy atom. The van der Waals surface area contributed by atoms with Gasteiger partial charge in [-0.15, -0.1) is 11.6 Å². The van der Waals surface area contributed by atoms with Crippen LogP contribution in [-0.4, -0.2) is 30.1 Å². The summed E-state index contributed by atoms with van der Waals surface area (Å²) in [5.74, 6) is -1.47. The van der Waals surface area contributed by atoms with Crippen LogP contribution in [-0.2, 0) is 14.3 Å². The van der Waals surface area contributed by atoms with Gasteiger partial charge in [0.25, 0.3) is 5.69 Å². The largest absolute Gasteiger partial charge is 0.465 e. The van der Waals surface area contributed by atoms with Crippen LogP contribution in [0.15, 0.2) is 18.2 Å². The number of ether oxygens (including phenoxy) is 2. The first-order valence-corrected chi connectivity index (χ1v) is 6.62. The summed E-state index contributed by atoms with van der Waals surface area (Å²) in [6.45, 7) is 3.47. The first-order valence-electron chi connectivity index (χ1n) is 6.18. The van der Waals surface area contributed by atoms with Gasteiger partial charge in [0, 0.05) is 6.07 Å². The Hall–Kier alpha value is -2.15. The SMILES string of the molecule is CCOC(=O)c1ccc([N+](=O)[O-])c(C(Cl)C(=O)OCC)c1. The van der Waals surface area contributed by atoms with Crippen molar-refractivity contribution in [3.05, 3.63) is 39.4 Å². The number of hydrogen-bond donors (Lipinski definition) is 0. The topological polar surface area (TPSA) is 95.7 Å². The Kier molecular flexibility index (Phi) is 6.10. The third kappa shape index (κ3) is 4.16. The quantitative estimate of drug-likeness (QED) is 0.346. The minimum Gasteiger partial charge on any atom is -0.465 e. The molecule has 0 aliphatic carbocycles. The number of rotatable bonds is 6. The molecule has 0 heterocycles. The zero-order chi connectivity index (χ0) is 16.0. The molecule has 0 fully saturated rings. The summed E-state index contributed by atoms with van der Waals surface area (Å²) >= 11 is 5.91. The van der Waals surface area contributed by atoms with Crippen molar-refractivity contribution < 1.29 is 24.0 Å². The van der Waals surface area contributed by atoms with E-state index in [0.29, 0.717) is 0 Å². The zero-order valence-corrected chi connectivity index (χ0v) is 12.3. The molecule has 0 aliphatic rings. The van der Waals surface area contributed by atoms with Gasteiger partial charge < -0.3 is 9.47 Å². The molecular formula is C13H14ClNO6. The fourth-order valence-electron chi connectivity index (χ4n) is 1.61. The van der Waals surface area contributed by atoms with Gasteiger partial charge in [-0.2, -0.15) is 0 Å². The summed E-state index contributed by atoms with van der Waals surface area (Å²) in [6.07, 6.45) is 0. The van der Waals surface area contributed by atoms with Gasteiger partial charge in [0.1, 0.15) is 0 Å². The number of carbonyl (C=O) groups is 2. The lowest BCUT2D eigenvalue weighted by Crippen LogP contribution is -2.14. The molecule has 0 saturated carbocycles. The highest BCUT2D eigenvalue weighted by molar-refractivity contribution is 6.30. The third-order valence-electron chi connectivity index (χ3n) is 2.50. The van der Waals surface area contributed by atoms with Crippen LogP contribution < -0.4 is 0 Å². The van der Waals surface area contributed by atoms with E-state index in [9.17, 15) is 19.7 Å². The first kappa shape index (κ1) is 16.9. The molecule has 0 aliphatic heterocycles. The van der Waals surface area contributed by atoms with E-state index in [0.717, 1.165) is 6.07 Å². The maximum Gasteiger partial charge on any atom is 0.338 e. The Morgan fingerprint density at radius 2 is 1.90 bits per heavy atom. The Labute approximate surface area is 125 Å². The minimum absolute atomic E-state index is 0.0763. The third-order valence-corrected chi connectivity index (χ3v) is 2.92. The molecule has 1 unspecified atom stereocenters. The molecule has 0 saturated heterocycles. The average Bonchev–Trinajstić information content (AvgIpc) is 2.46. The number of benzene rings is 1. The van der Waals surface area contributed by atoms with Crippen molar-refractivity contribution in [1.29, 1.82) is 0 Å². The van der Waals surface area contributed by atoms with Crippen molar-refractivity contribution in [2.75, 3.05) is 13.2 Å². The van der Waals surface area contributed by atoms with E-state index < -0.39 is 22.2 Å². The minimum atomic E-state index is -1.38. The highest BCUT2D eigenvalue weighted by atomic mass is 35.5. The molecule has 0 radical (unpaired) electrons. The van der Waals surface area contributed by atoms with E-state index in [-0.39, 0.29) is 30.0 Å². The maximum absolute atomic E-state index is 11.6. The Balaban J connectivity index is 3.24. The molecule has 7 nitrogen and oxygen atoms in total. The standard InChI is InChI=1S/C13H14ClNO6/c1-3-20-12(16)8-5-6-10(15(18)19)9(7-8)11(14)13(17)21-4-2/h5-7,11H,3-4H2,1-2H3. The lowest BCUT2D eigenvalue weighted by molar-refractivity contribution is -0.385. The first-order chi connectivity index (χ1) is 9.92. The molecule has 1 aromatic carbocycles. The van der Waals surface area contributed by atoms with Gasteiger partial charge in [-0.3, -0.25) is 14.9 Å². The van der Waals surface area contributed by atoms with Crippen molar-refractivity contribution in [1.82, 2.24) is 0 Å². The lowest BCUT2D eigenvalue weighted by Gasteiger charge is -2.11. The number of esters is 2. The molecule has 114 valence electrons. The molecular weight excluding hydrogens is 302 g/mol. The summed E-state index contributed by atoms with van der Waals surface area (Å²) in [4.78, 5) is 33.6. The summed E-state index contributed by atoms with van der Waals surface area (Å²) in [7, 11) is 0. The van der Waals surface area contributed by atoms with Crippen LogP contribution in [0, 0.1) is 10.1 Å². The zero-order valence-electron chi connectivity index (χ0n) is 11.5. The van der Waals surface area contributed by atoms with Crippen LogP contribution in [0.1, 0.15) is 35.1 Å². The number of nitro groups is 1. The molecule has 8 heteroatoms. The van der Waals surface area contributed by atoms with Gasteiger partial charge in [-0.1, -0.05) is 0 Å². The summed E-state index contributed by atoms with van der Waals surface area (Å²) in [5.41, 5.74) is -0.394. The molecule has 21 heavy (non-hydrogen) atoms. The van der Waals surface area contributed by atoms with E-state index >= 15 is 0 Å². The van der Waals surface area contributed by atoms with E-state index in [2.05, 4.69) is 0 Å². The van der Waals surface area contributed by atoms with Crippen molar-refractivity contribution >= 4 is 29.2 Å². The summed E-state index contributed by atoms with van der Waals surface area (Å²) in [5, 5.41) is 9.62. The molecule has 1 atom stereocenters. The smallest absolute Gasteiger partial charge is 0.338 e. The second kappa shape index (κ2) is 7.58. The van der Waals surface area contributed by atoms with Crippen LogP contribution in [0.2, 0.25) is 0 Å². The average molecular weight is 316 g/mol. The van der Waals surface area contributed by atoms with Gasteiger partial charge >= 0.3 is 11.9 Å². The highest BCUT2D eigenvalue weighted by Gasteiger charge is 2.28. The number of nitro benzene ring substituents is 1. The van der Waals surface area contributed by atoms with Crippen molar-refractivity contribution in [2.24, 2.45) is 0 Å². The van der Waals surface area contributed by atoms with E-state index in [4.69, 9.17) is 21.1 Å². The van der Waals surface area contributed by atoms with Crippen molar-refractivity contribution in [3.8, 4) is 0 Å². The van der Waals surface area contributed by atoms with Gasteiger partial charge in [0.05, 0.1) is 29.3 Å². The molecule has 0 aromatic heterocycles. The predicted molar refractivity (Wildman–Crippen MR) is 74.3 cm³/mol. The molecule has 1 aromatic rings. The van der Waals surface area contributed by atoms with Gasteiger partial charge in [0.2, 0.25) is 0 Å². The fraction of sp³-hybridized carbons (Fsp3) is 0.385. The molecule has 0 spiro atoms. The van der Waals surface area contributed by atoms with Crippen LogP contribution in [0.3, 0.4) is 0 Å². The van der Waals surface area contributed by atoms with Crippen LogP contribution >= 0.6 is 11.6 Å². The van der Waals surface area contributed by atoms with Crippen LogP contribution in [0.25, 0.3) is 0 Å². The Bertz CT molecular complexity index is 560. The molecule has 0 N–H and O–H groups in total. The molecule has 0 amide bonds. The van der Waals surface area contributed by atoms with Gasteiger partial charge in [-0.05, 0) is 26.0 Å². The number of halogens is 1. The second-order valence-electron chi connectivity index (χ2n) is 3.87. The normalized spacial score (nSPS) is 11.6. The fourth-order valence-corrected chi connectivity index (χ4v) is 1.85. The van der Waals surface area contributed by atoms with E-state index in [1.807, 2.05) is 0 Å². The van der Waals surface area contributed by atoms with Crippen molar-refractivity contribution in [3.63, 3.8) is 0 Å². The Morgan fingerprint density at radius 3 is 2.43 bits per heavy atom. The van der Waals surface area contributed by atoms with Crippen LogP contribution in [0.5, 0.6) is 0 Å². The van der Waals surface area contributed by atoms with Crippen molar-refractivity contribution in [2.45, 2.75) is 19.2 Å². The second-order valence-corrected chi connectivity index (χ2v) is 4.30. The predicted octanol–water partition coefficient (Wildman–Crippen LogP) is 2.61. The summed E-state index contributed by atoms with van der Waals surface area (Å²) < 4.78 is 9.53.